The Kier molecular flexibility index (Phi) is 6.50. The van der Waals surface area contributed by atoms with Crippen molar-refractivity contribution in [2.45, 2.75) is 58.2 Å². The van der Waals surface area contributed by atoms with Gasteiger partial charge in [0.05, 0.1) is 12.1 Å². The lowest BCUT2D eigenvalue weighted by Crippen LogP contribution is -2.43. The first-order valence-corrected chi connectivity index (χ1v) is 11.6. The third-order valence-corrected chi connectivity index (χ3v) is 6.54. The first kappa shape index (κ1) is 20.4. The van der Waals surface area contributed by atoms with Crippen molar-refractivity contribution in [3.63, 3.8) is 0 Å². The Morgan fingerprint density at radius 3 is 2.72 bits per heavy atom. The van der Waals surface area contributed by atoms with Crippen LogP contribution in [0.15, 0.2) is 35.8 Å². The van der Waals surface area contributed by atoms with Gasteiger partial charge in [0.2, 0.25) is 5.91 Å². The summed E-state index contributed by atoms with van der Waals surface area (Å²) >= 11 is 1.65. The average molecular weight is 414 g/mol. The number of amides is 1. The summed E-state index contributed by atoms with van der Waals surface area (Å²) in [5.74, 6) is 1.76. The zero-order chi connectivity index (χ0) is 20.2. The highest BCUT2D eigenvalue weighted by atomic mass is 32.1. The van der Waals surface area contributed by atoms with Crippen molar-refractivity contribution in [1.29, 1.82) is 0 Å². The molecule has 0 unspecified atom stereocenters. The zero-order valence-corrected chi connectivity index (χ0v) is 18.2. The first-order chi connectivity index (χ1) is 14.1. The van der Waals surface area contributed by atoms with Crippen LogP contribution >= 0.6 is 11.3 Å². The van der Waals surface area contributed by atoms with Crippen LogP contribution in [-0.4, -0.2) is 35.0 Å². The third-order valence-electron chi connectivity index (χ3n) is 5.68. The van der Waals surface area contributed by atoms with E-state index in [9.17, 15) is 4.79 Å². The normalized spacial score (nSPS) is 21.1. The highest BCUT2D eigenvalue weighted by Gasteiger charge is 2.35. The molecule has 6 heteroatoms. The number of benzene rings is 1. The third kappa shape index (κ3) is 5.58. The van der Waals surface area contributed by atoms with E-state index in [-0.39, 0.29) is 24.0 Å². The lowest BCUT2D eigenvalue weighted by Gasteiger charge is -2.36. The summed E-state index contributed by atoms with van der Waals surface area (Å²) < 4.78 is 5.75. The average Bonchev–Trinajstić information content (AvgIpc) is 3.42. The molecule has 4 rings (SSSR count). The highest BCUT2D eigenvalue weighted by Crippen LogP contribution is 2.34. The maximum absolute atomic E-state index is 12.5. The lowest BCUT2D eigenvalue weighted by molar-refractivity contribution is -0.123. The van der Waals surface area contributed by atoms with Crippen molar-refractivity contribution in [2.75, 3.05) is 13.1 Å². The van der Waals surface area contributed by atoms with E-state index >= 15 is 0 Å². The van der Waals surface area contributed by atoms with Gasteiger partial charge in [0.1, 0.15) is 10.8 Å². The fourth-order valence-corrected chi connectivity index (χ4v) is 4.88. The van der Waals surface area contributed by atoms with E-state index in [1.165, 1.54) is 5.56 Å². The molecule has 1 saturated heterocycles. The Labute approximate surface area is 177 Å². The number of hydrogen-bond acceptors (Lipinski definition) is 5. The van der Waals surface area contributed by atoms with E-state index in [1.54, 1.807) is 11.3 Å². The number of nitrogens with one attached hydrogen (secondary N) is 1. The molecule has 2 aliphatic rings. The van der Waals surface area contributed by atoms with Crippen LogP contribution in [0.1, 0.15) is 56.1 Å². The second-order valence-corrected chi connectivity index (χ2v) is 9.50. The quantitative estimate of drug-likeness (QED) is 0.696. The number of hydrogen-bond donors (Lipinski definition) is 1. The molecule has 2 aromatic rings. The topological polar surface area (TPSA) is 54.5 Å². The van der Waals surface area contributed by atoms with Gasteiger partial charge in [-0.25, -0.2) is 4.98 Å². The molecule has 0 bridgehead atoms. The summed E-state index contributed by atoms with van der Waals surface area (Å²) in [6.45, 7) is 7.10. The maximum Gasteiger partial charge on any atom is 0.223 e. The van der Waals surface area contributed by atoms with Gasteiger partial charge in [-0.3, -0.25) is 9.69 Å². The van der Waals surface area contributed by atoms with Crippen LogP contribution in [0.3, 0.4) is 0 Å². The van der Waals surface area contributed by atoms with Crippen molar-refractivity contribution in [2.24, 2.45) is 11.8 Å². The van der Waals surface area contributed by atoms with Gasteiger partial charge in [-0.2, -0.15) is 0 Å². The van der Waals surface area contributed by atoms with Crippen molar-refractivity contribution in [3.05, 3.63) is 46.4 Å². The van der Waals surface area contributed by atoms with E-state index in [0.29, 0.717) is 5.92 Å². The van der Waals surface area contributed by atoms with E-state index < -0.39 is 0 Å². The Hall–Kier alpha value is -1.92. The largest absolute Gasteiger partial charge is 0.491 e. The molecule has 1 aromatic carbocycles. The molecule has 2 heterocycles. The van der Waals surface area contributed by atoms with Gasteiger partial charge >= 0.3 is 0 Å². The maximum atomic E-state index is 12.5. The molecule has 0 spiro atoms. The minimum atomic E-state index is 0.0349. The molecule has 1 saturated carbocycles. The Morgan fingerprint density at radius 1 is 1.28 bits per heavy atom. The smallest absolute Gasteiger partial charge is 0.223 e. The molecule has 1 aliphatic carbocycles. The molecule has 2 atom stereocenters. The Balaban J connectivity index is 1.40. The molecule has 1 N–H and O–H groups in total. The summed E-state index contributed by atoms with van der Waals surface area (Å²) in [4.78, 5) is 19.5. The van der Waals surface area contributed by atoms with E-state index in [0.717, 1.165) is 56.1 Å². The van der Waals surface area contributed by atoms with Gasteiger partial charge in [-0.05, 0) is 69.7 Å². The second-order valence-electron chi connectivity index (χ2n) is 8.58. The fourth-order valence-electron chi connectivity index (χ4n) is 4.10. The Morgan fingerprint density at radius 2 is 2.07 bits per heavy atom. The van der Waals surface area contributed by atoms with Crippen molar-refractivity contribution < 1.29 is 9.53 Å². The summed E-state index contributed by atoms with van der Waals surface area (Å²) in [7, 11) is 0. The highest BCUT2D eigenvalue weighted by molar-refractivity contribution is 7.09. The summed E-state index contributed by atoms with van der Waals surface area (Å²) in [6.07, 6.45) is 6.38. The predicted molar refractivity (Wildman–Crippen MR) is 116 cm³/mol. The van der Waals surface area contributed by atoms with E-state index in [4.69, 9.17) is 4.74 Å². The number of ether oxygens (including phenoxy) is 1. The molecular formula is C23H31N3O2S. The van der Waals surface area contributed by atoms with Crippen LogP contribution in [-0.2, 0) is 11.3 Å². The SMILES string of the molecule is CC(C)Oc1ccc(CN2CCC[C@H]([C@@H](NC(=O)C3CC3)c3nccs3)C2)cc1. The molecule has 156 valence electrons. The van der Waals surface area contributed by atoms with Gasteiger partial charge in [0.25, 0.3) is 0 Å². The van der Waals surface area contributed by atoms with Crippen LogP contribution in [0.5, 0.6) is 5.75 Å². The number of aromatic nitrogens is 1. The molecule has 1 aromatic heterocycles. The van der Waals surface area contributed by atoms with Gasteiger partial charge < -0.3 is 10.1 Å². The van der Waals surface area contributed by atoms with Crippen molar-refractivity contribution in [1.82, 2.24) is 15.2 Å². The van der Waals surface area contributed by atoms with Crippen molar-refractivity contribution in [3.8, 4) is 5.75 Å². The van der Waals surface area contributed by atoms with E-state index in [1.807, 2.05) is 25.4 Å². The molecule has 0 radical (unpaired) electrons. The van der Waals surface area contributed by atoms with Crippen LogP contribution in [0.25, 0.3) is 0 Å². The van der Waals surface area contributed by atoms with Crippen LogP contribution in [0.2, 0.25) is 0 Å². The zero-order valence-electron chi connectivity index (χ0n) is 17.3. The number of thiazole rings is 1. The number of carbonyl (C=O) groups excluding carboxylic acids is 1. The second kappa shape index (κ2) is 9.26. The molecule has 29 heavy (non-hydrogen) atoms. The van der Waals surface area contributed by atoms with Crippen molar-refractivity contribution >= 4 is 17.2 Å². The van der Waals surface area contributed by atoms with Gasteiger partial charge in [0, 0.05) is 30.6 Å². The number of piperidine rings is 1. The minimum absolute atomic E-state index is 0.0349. The summed E-state index contributed by atoms with van der Waals surface area (Å²) in [6, 6.07) is 8.48. The summed E-state index contributed by atoms with van der Waals surface area (Å²) in [5, 5.41) is 6.38. The summed E-state index contributed by atoms with van der Waals surface area (Å²) in [5.41, 5.74) is 1.30. The number of nitrogens with zero attached hydrogens (tertiary/aromatic N) is 2. The molecule has 1 amide bonds. The molecule has 2 fully saturated rings. The van der Waals surface area contributed by atoms with Gasteiger partial charge in [0.15, 0.2) is 0 Å². The van der Waals surface area contributed by atoms with Crippen LogP contribution in [0, 0.1) is 11.8 Å². The monoisotopic (exact) mass is 413 g/mol. The molecule has 5 nitrogen and oxygen atoms in total. The Bertz CT molecular complexity index is 787. The number of likely N-dealkylation sites (tertiary alicyclic amines) is 1. The van der Waals surface area contributed by atoms with Crippen LogP contribution < -0.4 is 10.1 Å². The van der Waals surface area contributed by atoms with Crippen LogP contribution in [0.4, 0.5) is 0 Å². The first-order valence-electron chi connectivity index (χ1n) is 10.8. The minimum Gasteiger partial charge on any atom is -0.491 e. The molecule has 1 aliphatic heterocycles. The predicted octanol–water partition coefficient (Wildman–Crippen LogP) is 4.41. The van der Waals surface area contributed by atoms with E-state index in [2.05, 4.69) is 39.5 Å². The van der Waals surface area contributed by atoms with Gasteiger partial charge in [-0.1, -0.05) is 12.1 Å². The number of rotatable bonds is 8. The number of carbonyl (C=O) groups is 1. The molecular weight excluding hydrogens is 382 g/mol. The standard InChI is InChI=1S/C23H31N3O2S/c1-16(2)28-20-9-5-17(6-10-20)14-26-12-3-4-19(15-26)21(23-24-11-13-29-23)25-22(27)18-7-8-18/h5-6,9-11,13,16,18-19,21H,3-4,7-8,12,14-15H2,1-2H3,(H,25,27)/t19-,21+/m0/s1. The van der Waals surface area contributed by atoms with Gasteiger partial charge in [-0.15, -0.1) is 11.3 Å². The lowest BCUT2D eigenvalue weighted by atomic mass is 9.90. The fraction of sp³-hybridized carbons (Fsp3) is 0.565.